The van der Waals surface area contributed by atoms with Crippen molar-refractivity contribution >= 4 is 5.91 Å². The second-order valence-corrected chi connectivity index (χ2v) is 6.36. The van der Waals surface area contributed by atoms with Crippen LogP contribution in [-0.2, 0) is 22.5 Å². The SMILES string of the molecule is O=C(CCc1cccc(F)c1)N(Cc1ccccn1)CC1CCCO1. The lowest BCUT2D eigenvalue weighted by molar-refractivity contribution is -0.133. The largest absolute Gasteiger partial charge is 0.376 e. The highest BCUT2D eigenvalue weighted by Gasteiger charge is 2.23. The molecule has 1 aromatic heterocycles. The van der Waals surface area contributed by atoms with Crippen LogP contribution in [0.15, 0.2) is 48.7 Å². The van der Waals surface area contributed by atoms with Gasteiger partial charge in [0.25, 0.3) is 0 Å². The van der Waals surface area contributed by atoms with Crippen molar-refractivity contribution in [2.75, 3.05) is 13.2 Å². The highest BCUT2D eigenvalue weighted by atomic mass is 19.1. The number of pyridine rings is 1. The van der Waals surface area contributed by atoms with Gasteiger partial charge < -0.3 is 9.64 Å². The number of rotatable bonds is 7. The molecule has 5 heteroatoms. The molecule has 1 aliphatic heterocycles. The summed E-state index contributed by atoms with van der Waals surface area (Å²) in [5, 5.41) is 0. The fourth-order valence-corrected chi connectivity index (χ4v) is 3.08. The summed E-state index contributed by atoms with van der Waals surface area (Å²) in [6, 6.07) is 12.1. The number of benzene rings is 1. The first kappa shape index (κ1) is 17.5. The molecule has 3 rings (SSSR count). The molecule has 1 fully saturated rings. The van der Waals surface area contributed by atoms with E-state index >= 15 is 0 Å². The molecule has 1 amide bonds. The van der Waals surface area contributed by atoms with E-state index in [1.807, 2.05) is 29.2 Å². The first-order valence-corrected chi connectivity index (χ1v) is 8.74. The quantitative estimate of drug-likeness (QED) is 0.775. The Labute approximate surface area is 147 Å². The standard InChI is InChI=1S/C20H23FN2O2/c21-17-6-3-5-16(13-17)9-10-20(24)23(15-19-8-4-12-25-19)14-18-7-1-2-11-22-18/h1-3,5-7,11,13,19H,4,8-10,12,14-15H2. The Morgan fingerprint density at radius 3 is 2.92 bits per heavy atom. The number of hydrogen-bond acceptors (Lipinski definition) is 3. The van der Waals surface area contributed by atoms with E-state index in [2.05, 4.69) is 4.98 Å². The van der Waals surface area contributed by atoms with Crippen molar-refractivity contribution in [2.24, 2.45) is 0 Å². The summed E-state index contributed by atoms with van der Waals surface area (Å²) in [6.45, 7) is 1.82. The summed E-state index contributed by atoms with van der Waals surface area (Å²) >= 11 is 0. The van der Waals surface area contributed by atoms with Gasteiger partial charge in [0.1, 0.15) is 5.82 Å². The molecule has 25 heavy (non-hydrogen) atoms. The van der Waals surface area contributed by atoms with Crippen molar-refractivity contribution in [3.63, 3.8) is 0 Å². The number of aryl methyl sites for hydroxylation is 1. The highest BCUT2D eigenvalue weighted by molar-refractivity contribution is 5.76. The first-order chi connectivity index (χ1) is 12.2. The Hall–Kier alpha value is -2.27. The van der Waals surface area contributed by atoms with Gasteiger partial charge in [0.15, 0.2) is 0 Å². The van der Waals surface area contributed by atoms with E-state index in [0.29, 0.717) is 25.9 Å². The number of ether oxygens (including phenoxy) is 1. The topological polar surface area (TPSA) is 42.4 Å². The zero-order chi connectivity index (χ0) is 17.5. The van der Waals surface area contributed by atoms with E-state index in [1.54, 1.807) is 12.3 Å². The predicted octanol–water partition coefficient (Wildman–Crippen LogP) is 3.36. The third-order valence-electron chi connectivity index (χ3n) is 4.40. The van der Waals surface area contributed by atoms with Gasteiger partial charge in [-0.3, -0.25) is 9.78 Å². The fraction of sp³-hybridized carbons (Fsp3) is 0.400. The molecular formula is C20H23FN2O2. The van der Waals surface area contributed by atoms with E-state index in [-0.39, 0.29) is 17.8 Å². The Balaban J connectivity index is 1.63. The molecule has 1 atom stereocenters. The van der Waals surface area contributed by atoms with Crippen LogP contribution in [0.5, 0.6) is 0 Å². The fourth-order valence-electron chi connectivity index (χ4n) is 3.08. The van der Waals surface area contributed by atoms with Crippen LogP contribution in [0.1, 0.15) is 30.5 Å². The summed E-state index contributed by atoms with van der Waals surface area (Å²) in [6.07, 6.45) is 4.73. The van der Waals surface area contributed by atoms with Crippen molar-refractivity contribution in [2.45, 2.75) is 38.3 Å². The third kappa shape index (κ3) is 5.36. The van der Waals surface area contributed by atoms with Crippen LogP contribution in [-0.4, -0.2) is 35.0 Å². The van der Waals surface area contributed by atoms with Gasteiger partial charge in [0.05, 0.1) is 18.3 Å². The summed E-state index contributed by atoms with van der Waals surface area (Å²) in [5.41, 5.74) is 1.70. The molecule has 1 aliphatic rings. The number of aromatic nitrogens is 1. The Morgan fingerprint density at radius 2 is 2.20 bits per heavy atom. The van der Waals surface area contributed by atoms with Crippen LogP contribution in [0.2, 0.25) is 0 Å². The molecule has 0 spiro atoms. The minimum absolute atomic E-state index is 0.0467. The third-order valence-corrected chi connectivity index (χ3v) is 4.40. The number of halogens is 1. The average molecular weight is 342 g/mol. The van der Waals surface area contributed by atoms with Crippen LogP contribution >= 0.6 is 0 Å². The number of carbonyl (C=O) groups excluding carboxylic acids is 1. The number of carbonyl (C=O) groups is 1. The molecule has 1 unspecified atom stereocenters. The van der Waals surface area contributed by atoms with Crippen molar-refractivity contribution in [1.82, 2.24) is 9.88 Å². The molecule has 0 saturated carbocycles. The predicted molar refractivity (Wildman–Crippen MR) is 93.3 cm³/mol. The van der Waals surface area contributed by atoms with Crippen LogP contribution in [0, 0.1) is 5.82 Å². The van der Waals surface area contributed by atoms with E-state index in [4.69, 9.17) is 4.74 Å². The Bertz CT molecular complexity index is 687. The smallest absolute Gasteiger partial charge is 0.223 e. The lowest BCUT2D eigenvalue weighted by Gasteiger charge is -2.25. The van der Waals surface area contributed by atoms with Gasteiger partial charge in [-0.05, 0) is 49.1 Å². The maximum atomic E-state index is 13.3. The molecule has 1 saturated heterocycles. The van der Waals surface area contributed by atoms with Crippen LogP contribution in [0.4, 0.5) is 4.39 Å². The monoisotopic (exact) mass is 342 g/mol. The molecule has 1 aromatic carbocycles. The molecule has 0 bridgehead atoms. The summed E-state index contributed by atoms with van der Waals surface area (Å²) in [7, 11) is 0. The van der Waals surface area contributed by atoms with Gasteiger partial charge in [-0.15, -0.1) is 0 Å². The molecule has 0 N–H and O–H groups in total. The molecule has 0 aliphatic carbocycles. The zero-order valence-electron chi connectivity index (χ0n) is 14.2. The van der Waals surface area contributed by atoms with Gasteiger partial charge in [-0.2, -0.15) is 0 Å². The molecular weight excluding hydrogens is 319 g/mol. The van der Waals surface area contributed by atoms with Crippen molar-refractivity contribution < 1.29 is 13.9 Å². The molecule has 132 valence electrons. The minimum Gasteiger partial charge on any atom is -0.376 e. The van der Waals surface area contributed by atoms with Gasteiger partial charge in [0, 0.05) is 25.8 Å². The zero-order valence-corrected chi connectivity index (χ0v) is 14.2. The maximum absolute atomic E-state index is 13.3. The second-order valence-electron chi connectivity index (χ2n) is 6.36. The van der Waals surface area contributed by atoms with Gasteiger partial charge >= 0.3 is 0 Å². The van der Waals surface area contributed by atoms with E-state index in [9.17, 15) is 9.18 Å². The lowest BCUT2D eigenvalue weighted by atomic mass is 10.1. The van der Waals surface area contributed by atoms with Gasteiger partial charge in [-0.1, -0.05) is 18.2 Å². The van der Waals surface area contributed by atoms with E-state index in [1.165, 1.54) is 12.1 Å². The van der Waals surface area contributed by atoms with Crippen LogP contribution < -0.4 is 0 Å². The van der Waals surface area contributed by atoms with Crippen LogP contribution in [0.3, 0.4) is 0 Å². The van der Waals surface area contributed by atoms with Crippen molar-refractivity contribution in [3.8, 4) is 0 Å². The minimum atomic E-state index is -0.269. The van der Waals surface area contributed by atoms with E-state index < -0.39 is 0 Å². The summed E-state index contributed by atoms with van der Waals surface area (Å²) in [5.74, 6) is -0.222. The van der Waals surface area contributed by atoms with Gasteiger partial charge in [-0.25, -0.2) is 4.39 Å². The second kappa shape index (κ2) is 8.72. The Morgan fingerprint density at radius 1 is 1.28 bits per heavy atom. The number of nitrogens with zero attached hydrogens (tertiary/aromatic N) is 2. The first-order valence-electron chi connectivity index (χ1n) is 8.74. The average Bonchev–Trinajstić information content (AvgIpc) is 3.13. The number of amides is 1. The van der Waals surface area contributed by atoms with Crippen molar-refractivity contribution in [3.05, 3.63) is 65.7 Å². The molecule has 0 radical (unpaired) electrons. The van der Waals surface area contributed by atoms with Gasteiger partial charge in [0.2, 0.25) is 5.91 Å². The van der Waals surface area contributed by atoms with Crippen LogP contribution in [0.25, 0.3) is 0 Å². The summed E-state index contributed by atoms with van der Waals surface area (Å²) < 4.78 is 19.0. The molecule has 2 heterocycles. The van der Waals surface area contributed by atoms with E-state index in [0.717, 1.165) is 30.7 Å². The van der Waals surface area contributed by atoms with Crippen molar-refractivity contribution in [1.29, 1.82) is 0 Å². The normalized spacial score (nSPS) is 16.8. The number of hydrogen-bond donors (Lipinski definition) is 0. The molecule has 4 nitrogen and oxygen atoms in total. The molecule has 2 aromatic rings. The summed E-state index contributed by atoms with van der Waals surface area (Å²) in [4.78, 5) is 18.9. The Kier molecular flexibility index (Phi) is 6.12. The lowest BCUT2D eigenvalue weighted by Crippen LogP contribution is -2.37. The maximum Gasteiger partial charge on any atom is 0.223 e. The highest BCUT2D eigenvalue weighted by Crippen LogP contribution is 2.16.